The Morgan fingerprint density at radius 1 is 1.24 bits per heavy atom. The molecular formula is C16H17F3N4O2. The molecule has 0 radical (unpaired) electrons. The number of rotatable bonds is 5. The van der Waals surface area contributed by atoms with Crippen molar-refractivity contribution in [1.82, 2.24) is 4.98 Å². The summed E-state index contributed by atoms with van der Waals surface area (Å²) in [5.74, 6) is 0.279. The minimum atomic E-state index is -4.42. The van der Waals surface area contributed by atoms with Crippen LogP contribution in [-0.4, -0.2) is 22.1 Å². The van der Waals surface area contributed by atoms with Gasteiger partial charge in [0.15, 0.2) is 5.84 Å². The molecule has 9 heteroatoms. The van der Waals surface area contributed by atoms with Crippen molar-refractivity contribution in [2.24, 2.45) is 10.9 Å². The van der Waals surface area contributed by atoms with Gasteiger partial charge in [-0.3, -0.25) is 0 Å². The third-order valence-corrected chi connectivity index (χ3v) is 3.11. The van der Waals surface area contributed by atoms with Crippen molar-refractivity contribution in [2.45, 2.75) is 26.1 Å². The number of hydrogen-bond donors (Lipinski definition) is 3. The van der Waals surface area contributed by atoms with Crippen LogP contribution in [0.15, 0.2) is 41.7 Å². The van der Waals surface area contributed by atoms with E-state index in [9.17, 15) is 13.2 Å². The van der Waals surface area contributed by atoms with Gasteiger partial charge in [0.05, 0.1) is 11.7 Å². The maximum atomic E-state index is 12.6. The van der Waals surface area contributed by atoms with Crippen molar-refractivity contribution in [3.8, 4) is 5.75 Å². The maximum Gasteiger partial charge on any atom is 0.416 e. The molecule has 0 aliphatic heterocycles. The predicted molar refractivity (Wildman–Crippen MR) is 87.2 cm³/mol. The molecule has 0 atom stereocenters. The molecule has 2 rings (SSSR count). The molecule has 1 aromatic heterocycles. The van der Waals surface area contributed by atoms with Gasteiger partial charge in [-0.2, -0.15) is 13.2 Å². The fraction of sp³-hybridized carbons (Fsp3) is 0.250. The first-order valence-corrected chi connectivity index (χ1v) is 7.30. The van der Waals surface area contributed by atoms with E-state index in [1.165, 1.54) is 18.3 Å². The van der Waals surface area contributed by atoms with E-state index >= 15 is 0 Å². The Labute approximate surface area is 142 Å². The van der Waals surface area contributed by atoms with Crippen LogP contribution >= 0.6 is 0 Å². The number of alkyl halides is 3. The number of ether oxygens (including phenoxy) is 1. The lowest BCUT2D eigenvalue weighted by atomic mass is 10.1. The van der Waals surface area contributed by atoms with E-state index in [2.05, 4.69) is 15.5 Å². The summed E-state index contributed by atoms with van der Waals surface area (Å²) in [5, 5.41) is 14.8. The number of nitrogens with one attached hydrogen (secondary N) is 1. The zero-order valence-electron chi connectivity index (χ0n) is 13.5. The van der Waals surface area contributed by atoms with E-state index in [1.54, 1.807) is 19.9 Å². The standard InChI is InChI=1S/C16H17F3N4O2/c1-9(2)25-12-7-8-21-15(13(12)14(20)23-24)22-11-5-3-10(4-6-11)16(17,18)19/h3-9,24H,1-2H3,(H2,20,23)(H,21,22). The van der Waals surface area contributed by atoms with Crippen molar-refractivity contribution in [3.63, 3.8) is 0 Å². The van der Waals surface area contributed by atoms with Crippen LogP contribution in [0, 0.1) is 0 Å². The Bertz CT molecular complexity index is 759. The van der Waals surface area contributed by atoms with E-state index in [1.807, 2.05) is 0 Å². The molecule has 0 saturated carbocycles. The highest BCUT2D eigenvalue weighted by molar-refractivity contribution is 6.04. The first-order valence-electron chi connectivity index (χ1n) is 7.30. The number of nitrogens with two attached hydrogens (primary N) is 1. The van der Waals surface area contributed by atoms with Gasteiger partial charge >= 0.3 is 6.18 Å². The Hall–Kier alpha value is -2.97. The van der Waals surface area contributed by atoms with Gasteiger partial charge in [-0.1, -0.05) is 5.16 Å². The number of benzene rings is 1. The summed E-state index contributed by atoms with van der Waals surface area (Å²) < 4.78 is 43.5. The second-order valence-corrected chi connectivity index (χ2v) is 5.38. The average Bonchev–Trinajstić information content (AvgIpc) is 2.53. The topological polar surface area (TPSA) is 92.8 Å². The van der Waals surface area contributed by atoms with Crippen molar-refractivity contribution in [3.05, 3.63) is 47.7 Å². The maximum absolute atomic E-state index is 12.6. The molecule has 134 valence electrons. The van der Waals surface area contributed by atoms with Gasteiger partial charge < -0.3 is 21.0 Å². The summed E-state index contributed by atoms with van der Waals surface area (Å²) in [5.41, 5.74) is 5.50. The van der Waals surface area contributed by atoms with Gasteiger partial charge in [-0.15, -0.1) is 0 Å². The molecule has 0 amide bonds. The molecule has 1 heterocycles. The van der Waals surface area contributed by atoms with E-state index < -0.39 is 11.7 Å². The number of pyridine rings is 1. The van der Waals surface area contributed by atoms with Gasteiger partial charge in [0.2, 0.25) is 0 Å². The molecule has 0 aliphatic carbocycles. The highest BCUT2D eigenvalue weighted by Crippen LogP contribution is 2.31. The fourth-order valence-electron chi connectivity index (χ4n) is 2.07. The van der Waals surface area contributed by atoms with E-state index in [0.717, 1.165) is 12.1 Å². The van der Waals surface area contributed by atoms with E-state index in [4.69, 9.17) is 15.7 Å². The van der Waals surface area contributed by atoms with Gasteiger partial charge in [0.1, 0.15) is 17.1 Å². The number of halogens is 3. The SMILES string of the molecule is CC(C)Oc1ccnc(Nc2ccc(C(F)(F)F)cc2)c1/C(N)=N/O. The van der Waals surface area contributed by atoms with Crippen molar-refractivity contribution < 1.29 is 23.1 Å². The Balaban J connectivity index is 2.39. The molecule has 0 fully saturated rings. The minimum absolute atomic E-state index is 0.174. The van der Waals surface area contributed by atoms with Crippen molar-refractivity contribution >= 4 is 17.3 Å². The van der Waals surface area contributed by atoms with Crippen LogP contribution in [0.3, 0.4) is 0 Å². The fourth-order valence-corrected chi connectivity index (χ4v) is 2.07. The van der Waals surface area contributed by atoms with Crippen LogP contribution < -0.4 is 15.8 Å². The number of oxime groups is 1. The number of amidine groups is 1. The zero-order chi connectivity index (χ0) is 18.6. The van der Waals surface area contributed by atoms with Crippen LogP contribution in [0.5, 0.6) is 5.75 Å². The Morgan fingerprint density at radius 2 is 1.88 bits per heavy atom. The second kappa shape index (κ2) is 7.29. The van der Waals surface area contributed by atoms with Gasteiger partial charge in [0, 0.05) is 11.9 Å². The van der Waals surface area contributed by atoms with E-state index in [-0.39, 0.29) is 23.3 Å². The predicted octanol–water partition coefficient (Wildman–Crippen LogP) is 3.73. The van der Waals surface area contributed by atoms with Crippen LogP contribution in [0.1, 0.15) is 25.0 Å². The molecule has 2 aromatic rings. The first-order chi connectivity index (χ1) is 11.7. The Kier molecular flexibility index (Phi) is 5.35. The van der Waals surface area contributed by atoms with Crippen molar-refractivity contribution in [2.75, 3.05) is 5.32 Å². The monoisotopic (exact) mass is 354 g/mol. The summed E-state index contributed by atoms with van der Waals surface area (Å²) in [4.78, 5) is 4.10. The third-order valence-electron chi connectivity index (χ3n) is 3.11. The number of hydrogen-bond acceptors (Lipinski definition) is 5. The van der Waals surface area contributed by atoms with Crippen LogP contribution in [0.2, 0.25) is 0 Å². The lowest BCUT2D eigenvalue weighted by Crippen LogP contribution is -2.19. The van der Waals surface area contributed by atoms with Crippen molar-refractivity contribution in [1.29, 1.82) is 0 Å². The normalized spacial score (nSPS) is 12.3. The molecule has 0 aliphatic rings. The third kappa shape index (κ3) is 4.52. The summed E-state index contributed by atoms with van der Waals surface area (Å²) in [6.07, 6.45) is -3.15. The average molecular weight is 354 g/mol. The second-order valence-electron chi connectivity index (χ2n) is 5.38. The summed E-state index contributed by atoms with van der Waals surface area (Å²) in [7, 11) is 0. The van der Waals surface area contributed by atoms with Crippen LogP contribution in [0.4, 0.5) is 24.7 Å². The molecule has 0 bridgehead atoms. The van der Waals surface area contributed by atoms with Gasteiger partial charge in [-0.25, -0.2) is 4.98 Å². The number of aromatic nitrogens is 1. The highest BCUT2D eigenvalue weighted by Gasteiger charge is 2.30. The van der Waals surface area contributed by atoms with E-state index in [0.29, 0.717) is 11.4 Å². The lowest BCUT2D eigenvalue weighted by molar-refractivity contribution is -0.137. The number of nitrogens with zero attached hydrogens (tertiary/aromatic N) is 2. The van der Waals surface area contributed by atoms with Gasteiger partial charge in [0.25, 0.3) is 0 Å². The summed E-state index contributed by atoms with van der Waals surface area (Å²) >= 11 is 0. The summed E-state index contributed by atoms with van der Waals surface area (Å²) in [6, 6.07) is 5.96. The lowest BCUT2D eigenvalue weighted by Gasteiger charge is -2.17. The molecule has 0 spiro atoms. The first kappa shape index (κ1) is 18.4. The van der Waals surface area contributed by atoms with Gasteiger partial charge in [-0.05, 0) is 44.2 Å². The Morgan fingerprint density at radius 3 is 2.40 bits per heavy atom. The summed E-state index contributed by atoms with van der Waals surface area (Å²) in [6.45, 7) is 3.61. The molecule has 0 saturated heterocycles. The molecular weight excluding hydrogens is 337 g/mol. The van der Waals surface area contributed by atoms with Crippen LogP contribution in [0.25, 0.3) is 0 Å². The quantitative estimate of drug-likeness (QED) is 0.329. The van der Waals surface area contributed by atoms with Crippen LogP contribution in [-0.2, 0) is 6.18 Å². The zero-order valence-corrected chi connectivity index (χ0v) is 13.5. The molecule has 4 N–H and O–H groups in total. The smallest absolute Gasteiger partial charge is 0.416 e. The molecule has 1 aromatic carbocycles. The molecule has 25 heavy (non-hydrogen) atoms. The minimum Gasteiger partial charge on any atom is -0.490 e. The molecule has 6 nitrogen and oxygen atoms in total. The number of anilines is 2. The highest BCUT2D eigenvalue weighted by atomic mass is 19.4. The molecule has 0 unspecified atom stereocenters. The largest absolute Gasteiger partial charge is 0.490 e.